The van der Waals surface area contributed by atoms with Crippen molar-refractivity contribution >= 4 is 22.8 Å². The maximum Gasteiger partial charge on any atom is 0.418 e. The van der Waals surface area contributed by atoms with Gasteiger partial charge in [0.15, 0.2) is 0 Å². The highest BCUT2D eigenvalue weighted by Crippen LogP contribution is 2.38. The third-order valence-electron chi connectivity index (χ3n) is 3.89. The highest BCUT2D eigenvalue weighted by Gasteiger charge is 2.48. The molecule has 1 aliphatic carbocycles. The zero-order valence-corrected chi connectivity index (χ0v) is 10.8. The van der Waals surface area contributed by atoms with Crippen molar-refractivity contribution in [2.24, 2.45) is 0 Å². The van der Waals surface area contributed by atoms with Gasteiger partial charge in [-0.2, -0.15) is 0 Å². The summed E-state index contributed by atoms with van der Waals surface area (Å²) in [6.07, 6.45) is 0.483. The molecule has 1 aliphatic heterocycles. The summed E-state index contributed by atoms with van der Waals surface area (Å²) in [5.41, 5.74) is 0.768. The van der Waals surface area contributed by atoms with E-state index in [1.807, 2.05) is 42.5 Å². The van der Waals surface area contributed by atoms with E-state index in [-0.39, 0.29) is 11.9 Å². The number of carbonyl (C=O) groups is 2. The number of benzene rings is 2. The summed E-state index contributed by atoms with van der Waals surface area (Å²) < 4.78 is 5.32. The van der Waals surface area contributed by atoms with Gasteiger partial charge in [-0.3, -0.25) is 4.79 Å². The Labute approximate surface area is 115 Å². The molecule has 20 heavy (non-hydrogen) atoms. The quantitative estimate of drug-likeness (QED) is 0.840. The first kappa shape index (κ1) is 11.5. The van der Waals surface area contributed by atoms with Gasteiger partial charge in [0.1, 0.15) is 0 Å². The van der Waals surface area contributed by atoms with Crippen molar-refractivity contribution in [3.63, 3.8) is 0 Å². The molecule has 0 aromatic heterocycles. The molecule has 2 aliphatic rings. The Kier molecular flexibility index (Phi) is 2.33. The molecule has 4 rings (SSSR count). The molecule has 2 aromatic rings. The van der Waals surface area contributed by atoms with Crippen LogP contribution in [0.25, 0.3) is 10.8 Å². The fourth-order valence-corrected chi connectivity index (χ4v) is 2.76. The Balaban J connectivity index is 1.80. The van der Waals surface area contributed by atoms with E-state index in [9.17, 15) is 9.59 Å². The molecule has 0 N–H and O–H groups in total. The average molecular weight is 267 g/mol. The molecule has 1 saturated heterocycles. The van der Waals surface area contributed by atoms with Crippen molar-refractivity contribution in [1.29, 1.82) is 0 Å². The lowest BCUT2D eigenvalue weighted by Crippen LogP contribution is -2.31. The van der Waals surface area contributed by atoms with Crippen LogP contribution in [0.3, 0.4) is 0 Å². The standard InChI is InChI=1S/C16H13NO3/c18-15-14(20-16(19)17(15)11-8-9-11)13-7-3-5-10-4-1-2-6-12(10)13/h1-7,11,14H,8-9H2. The topological polar surface area (TPSA) is 46.6 Å². The molecule has 0 spiro atoms. The van der Waals surface area contributed by atoms with E-state index in [0.717, 1.165) is 29.2 Å². The van der Waals surface area contributed by atoms with Crippen molar-refractivity contribution in [3.05, 3.63) is 48.0 Å². The molecular formula is C16H13NO3. The number of nitrogens with zero attached hydrogens (tertiary/aromatic N) is 1. The largest absolute Gasteiger partial charge is 0.431 e. The molecule has 2 aromatic carbocycles. The second-order valence-electron chi connectivity index (χ2n) is 5.27. The minimum Gasteiger partial charge on any atom is -0.431 e. The summed E-state index contributed by atoms with van der Waals surface area (Å²) in [5, 5.41) is 2.00. The Hall–Kier alpha value is -2.36. The smallest absolute Gasteiger partial charge is 0.418 e. The first-order chi connectivity index (χ1) is 9.75. The van der Waals surface area contributed by atoms with Crippen LogP contribution in [0.5, 0.6) is 0 Å². The lowest BCUT2D eigenvalue weighted by Gasteiger charge is -2.11. The predicted octanol–water partition coefficient (Wildman–Crippen LogP) is 3.02. The minimum atomic E-state index is -0.797. The van der Waals surface area contributed by atoms with Crippen LogP contribution in [0.2, 0.25) is 0 Å². The summed E-state index contributed by atoms with van der Waals surface area (Å²) >= 11 is 0. The number of fused-ring (bicyclic) bond motifs is 1. The van der Waals surface area contributed by atoms with Crippen LogP contribution in [0, 0.1) is 0 Å². The number of hydrogen-bond donors (Lipinski definition) is 0. The fraction of sp³-hybridized carbons (Fsp3) is 0.250. The second-order valence-corrected chi connectivity index (χ2v) is 5.27. The molecule has 1 unspecified atom stereocenters. The molecule has 0 bridgehead atoms. The second kappa shape index (κ2) is 4.07. The molecule has 4 nitrogen and oxygen atoms in total. The van der Waals surface area contributed by atoms with Gasteiger partial charge in [0.05, 0.1) is 0 Å². The Bertz CT molecular complexity index is 715. The molecule has 1 atom stereocenters. The van der Waals surface area contributed by atoms with E-state index in [0.29, 0.717) is 0 Å². The van der Waals surface area contributed by atoms with Crippen molar-refractivity contribution < 1.29 is 14.3 Å². The van der Waals surface area contributed by atoms with Gasteiger partial charge in [0.2, 0.25) is 6.10 Å². The van der Waals surface area contributed by atoms with Crippen LogP contribution in [0.15, 0.2) is 42.5 Å². The van der Waals surface area contributed by atoms with E-state index >= 15 is 0 Å². The summed E-state index contributed by atoms with van der Waals surface area (Å²) in [4.78, 5) is 25.6. The SMILES string of the molecule is O=C1OC(c2cccc3ccccc23)C(=O)N1C1CC1. The summed E-state index contributed by atoms with van der Waals surface area (Å²) in [6.45, 7) is 0. The molecule has 100 valence electrons. The average Bonchev–Trinajstić information content (AvgIpc) is 3.25. The monoisotopic (exact) mass is 267 g/mol. The molecule has 4 heteroatoms. The van der Waals surface area contributed by atoms with Crippen LogP contribution in [0.4, 0.5) is 4.79 Å². The summed E-state index contributed by atoms with van der Waals surface area (Å²) in [5.74, 6) is -0.228. The zero-order chi connectivity index (χ0) is 13.7. The number of cyclic esters (lactones) is 1. The summed E-state index contributed by atoms with van der Waals surface area (Å²) in [6, 6.07) is 13.6. The highest BCUT2D eigenvalue weighted by atomic mass is 16.6. The first-order valence-corrected chi connectivity index (χ1v) is 6.77. The fourth-order valence-electron chi connectivity index (χ4n) is 2.76. The third-order valence-corrected chi connectivity index (χ3v) is 3.89. The van der Waals surface area contributed by atoms with Crippen molar-refractivity contribution in [3.8, 4) is 0 Å². The van der Waals surface area contributed by atoms with Gasteiger partial charge in [0.25, 0.3) is 5.91 Å². The van der Waals surface area contributed by atoms with Crippen molar-refractivity contribution in [2.75, 3.05) is 0 Å². The number of amides is 2. The molecule has 2 amide bonds. The Morgan fingerprint density at radius 3 is 2.55 bits per heavy atom. The number of hydrogen-bond acceptors (Lipinski definition) is 3. The van der Waals surface area contributed by atoms with Crippen LogP contribution in [-0.2, 0) is 9.53 Å². The predicted molar refractivity (Wildman–Crippen MR) is 73.0 cm³/mol. The van der Waals surface area contributed by atoms with E-state index < -0.39 is 12.2 Å². The van der Waals surface area contributed by atoms with Crippen LogP contribution >= 0.6 is 0 Å². The molecule has 1 heterocycles. The Morgan fingerprint density at radius 2 is 1.75 bits per heavy atom. The third kappa shape index (κ3) is 1.61. The van der Waals surface area contributed by atoms with E-state index in [1.54, 1.807) is 0 Å². The van der Waals surface area contributed by atoms with Crippen LogP contribution < -0.4 is 0 Å². The maximum atomic E-state index is 12.4. The number of ether oxygens (including phenoxy) is 1. The van der Waals surface area contributed by atoms with Gasteiger partial charge in [0, 0.05) is 11.6 Å². The zero-order valence-electron chi connectivity index (χ0n) is 10.8. The number of rotatable bonds is 2. The number of carbonyl (C=O) groups excluding carboxylic acids is 2. The van der Waals surface area contributed by atoms with Gasteiger partial charge in [-0.25, -0.2) is 9.69 Å². The molecule has 1 saturated carbocycles. The van der Waals surface area contributed by atoms with Crippen LogP contribution in [-0.4, -0.2) is 22.9 Å². The molecular weight excluding hydrogens is 254 g/mol. The van der Waals surface area contributed by atoms with Gasteiger partial charge in [-0.15, -0.1) is 0 Å². The molecule has 0 radical (unpaired) electrons. The van der Waals surface area contributed by atoms with Gasteiger partial charge in [-0.1, -0.05) is 42.5 Å². The lowest BCUT2D eigenvalue weighted by atomic mass is 10.00. The van der Waals surface area contributed by atoms with Crippen molar-refractivity contribution in [1.82, 2.24) is 4.90 Å². The van der Waals surface area contributed by atoms with Crippen LogP contribution in [0.1, 0.15) is 24.5 Å². The van der Waals surface area contributed by atoms with Gasteiger partial charge < -0.3 is 4.74 Å². The van der Waals surface area contributed by atoms with E-state index in [1.165, 1.54) is 4.90 Å². The normalized spacial score (nSPS) is 22.4. The Morgan fingerprint density at radius 1 is 1.00 bits per heavy atom. The van der Waals surface area contributed by atoms with E-state index in [2.05, 4.69) is 0 Å². The molecule has 2 fully saturated rings. The minimum absolute atomic E-state index is 0.0509. The first-order valence-electron chi connectivity index (χ1n) is 6.77. The maximum absolute atomic E-state index is 12.4. The highest BCUT2D eigenvalue weighted by molar-refractivity contribution is 6.03. The summed E-state index contributed by atoms with van der Waals surface area (Å²) in [7, 11) is 0. The van der Waals surface area contributed by atoms with Crippen molar-refractivity contribution in [2.45, 2.75) is 25.0 Å². The number of imide groups is 1. The van der Waals surface area contributed by atoms with E-state index in [4.69, 9.17) is 4.74 Å². The lowest BCUT2D eigenvalue weighted by molar-refractivity contribution is -0.130. The van der Waals surface area contributed by atoms with Gasteiger partial charge >= 0.3 is 6.09 Å². The van der Waals surface area contributed by atoms with Gasteiger partial charge in [-0.05, 0) is 23.6 Å².